The minimum Gasteiger partial charge on any atom is -0.508 e. The first-order chi connectivity index (χ1) is 22.5. The van der Waals surface area contributed by atoms with Crippen LogP contribution in [0.3, 0.4) is 0 Å². The number of hydrogen-bond donors (Lipinski definition) is 2. The van der Waals surface area contributed by atoms with Crippen molar-refractivity contribution in [3.8, 4) is 17.2 Å². The molecule has 9 nitrogen and oxygen atoms in total. The first-order valence-corrected chi connectivity index (χ1v) is 17.1. The molecule has 1 saturated carbocycles. The molecule has 0 aromatic heterocycles. The number of para-hydroxylation sites is 1. The monoisotopic (exact) mass is 762 g/mol. The lowest BCUT2D eigenvalue weighted by Crippen LogP contribution is -2.49. The van der Waals surface area contributed by atoms with E-state index in [9.17, 15) is 29.4 Å². The quantitative estimate of drug-likeness (QED) is 0.230. The van der Waals surface area contributed by atoms with Crippen LogP contribution in [0.2, 0.25) is 0 Å². The van der Waals surface area contributed by atoms with Crippen LogP contribution in [0.1, 0.15) is 36.8 Å². The van der Waals surface area contributed by atoms with Crippen molar-refractivity contribution >= 4 is 61.2 Å². The molecule has 2 aliphatic carbocycles. The second-order valence-electron chi connectivity index (χ2n) is 12.9. The fourth-order valence-corrected chi connectivity index (χ4v) is 9.30. The zero-order chi connectivity index (χ0) is 33.4. The minimum atomic E-state index is -1.24. The second-order valence-corrected chi connectivity index (χ2v) is 14.5. The number of carbonyl (C=O) groups is 4. The number of anilines is 1. The zero-order valence-corrected chi connectivity index (χ0v) is 28.8. The standard InChI is InChI=1S/C36H32Br2N2O7/c1-36-25(33(44)40(35(36)46)19-6-4-3-5-7-19)16-23-21(28(36)24-17-26(47-2)31(42)30(38)29(24)37)12-13-22-27(23)34(45)39(32(22)43)15-14-18-8-10-20(41)11-9-18/h3-12,17,22-23,25,27-28,41-42H,13-16H2,1-2H3/t22-,23+,25-,27-,28+,36+/m0/s1. The Morgan fingerprint density at radius 1 is 0.915 bits per heavy atom. The molecular formula is C36H32Br2N2O7. The summed E-state index contributed by atoms with van der Waals surface area (Å²) >= 11 is 7.13. The van der Waals surface area contributed by atoms with Gasteiger partial charge in [0.25, 0.3) is 0 Å². The van der Waals surface area contributed by atoms with Gasteiger partial charge in [-0.2, -0.15) is 0 Å². The first-order valence-electron chi connectivity index (χ1n) is 15.5. The number of amides is 4. The van der Waals surface area contributed by atoms with Crippen LogP contribution in [0.5, 0.6) is 17.2 Å². The van der Waals surface area contributed by atoms with Crippen LogP contribution in [-0.4, -0.2) is 52.4 Å². The number of halogens is 2. The van der Waals surface area contributed by atoms with Crippen molar-refractivity contribution in [3.63, 3.8) is 0 Å². The highest BCUT2D eigenvalue weighted by Gasteiger charge is 2.67. The Hall–Kier alpha value is -3.96. The van der Waals surface area contributed by atoms with Gasteiger partial charge in [0.15, 0.2) is 11.5 Å². The Morgan fingerprint density at radius 2 is 1.62 bits per heavy atom. The van der Waals surface area contributed by atoms with Crippen LogP contribution in [0.15, 0.2) is 81.3 Å². The first kappa shape index (κ1) is 31.6. The third-order valence-electron chi connectivity index (χ3n) is 10.6. The number of methoxy groups -OCH3 is 1. The van der Waals surface area contributed by atoms with Gasteiger partial charge in [0.1, 0.15) is 5.75 Å². The van der Waals surface area contributed by atoms with Gasteiger partial charge in [-0.3, -0.25) is 24.1 Å². The predicted octanol–water partition coefficient (Wildman–Crippen LogP) is 6.10. The molecule has 0 unspecified atom stereocenters. The number of hydrogen-bond acceptors (Lipinski definition) is 7. The Bertz CT molecular complexity index is 1860. The van der Waals surface area contributed by atoms with Crippen molar-refractivity contribution in [1.82, 2.24) is 4.90 Å². The Labute approximate surface area is 288 Å². The number of carbonyl (C=O) groups excluding carboxylic acids is 4. The fourth-order valence-electron chi connectivity index (χ4n) is 8.35. The fraction of sp³-hybridized carbons (Fsp3) is 0.333. The van der Waals surface area contributed by atoms with Crippen LogP contribution in [0, 0.1) is 29.1 Å². The van der Waals surface area contributed by atoms with Crippen molar-refractivity contribution < 1.29 is 34.1 Å². The van der Waals surface area contributed by atoms with Gasteiger partial charge in [0, 0.05) is 16.9 Å². The van der Waals surface area contributed by atoms with Crippen molar-refractivity contribution in [2.45, 2.75) is 32.1 Å². The number of likely N-dealkylation sites (tertiary alicyclic amines) is 1. The summed E-state index contributed by atoms with van der Waals surface area (Å²) in [7, 11) is 1.44. The Kier molecular flexibility index (Phi) is 7.82. The SMILES string of the molecule is COc1cc([C@H]2C3=CC[C@@H]4C(=O)N(CCc5ccc(O)cc5)C(=O)[C@@H]4[C@@H]3C[C@H]3C(=O)N(c4ccccc4)C(=O)[C@@]23C)c(Br)c(Br)c1O. The summed E-state index contributed by atoms with van der Waals surface area (Å²) in [5, 5.41) is 20.4. The second kappa shape index (κ2) is 11.6. The molecule has 2 saturated heterocycles. The number of nitrogens with zero attached hydrogens (tertiary/aromatic N) is 2. The van der Waals surface area contributed by atoms with Gasteiger partial charge in [0.05, 0.1) is 40.4 Å². The molecule has 3 aromatic rings. The molecule has 2 aliphatic heterocycles. The van der Waals surface area contributed by atoms with E-state index in [0.29, 0.717) is 33.0 Å². The van der Waals surface area contributed by atoms with Crippen molar-refractivity contribution in [1.29, 1.82) is 0 Å². The summed E-state index contributed by atoms with van der Waals surface area (Å²) in [5.74, 6) is -4.12. The third-order valence-corrected chi connectivity index (χ3v) is 12.8. The average Bonchev–Trinajstić information content (AvgIpc) is 3.43. The molecule has 0 spiro atoms. The van der Waals surface area contributed by atoms with Gasteiger partial charge in [-0.15, -0.1) is 0 Å². The van der Waals surface area contributed by atoms with E-state index >= 15 is 0 Å². The lowest BCUT2D eigenvalue weighted by Gasteiger charge is -2.49. The molecule has 3 aromatic carbocycles. The van der Waals surface area contributed by atoms with Gasteiger partial charge < -0.3 is 14.9 Å². The maximum Gasteiger partial charge on any atom is 0.241 e. The summed E-state index contributed by atoms with van der Waals surface area (Å²) in [5.41, 5.74) is 1.59. The van der Waals surface area contributed by atoms with E-state index in [2.05, 4.69) is 31.9 Å². The number of benzene rings is 3. The molecule has 11 heteroatoms. The van der Waals surface area contributed by atoms with E-state index in [-0.39, 0.29) is 53.8 Å². The van der Waals surface area contributed by atoms with Gasteiger partial charge in [-0.25, -0.2) is 4.90 Å². The number of aromatic hydroxyl groups is 2. The largest absolute Gasteiger partial charge is 0.508 e. The van der Waals surface area contributed by atoms with Crippen molar-refractivity contribution in [2.24, 2.45) is 29.1 Å². The molecule has 2 heterocycles. The number of phenols is 2. The van der Waals surface area contributed by atoms with Crippen LogP contribution in [0.25, 0.3) is 0 Å². The molecule has 6 atom stereocenters. The molecule has 4 amide bonds. The van der Waals surface area contributed by atoms with E-state index in [4.69, 9.17) is 4.74 Å². The van der Waals surface area contributed by atoms with E-state index < -0.39 is 35.0 Å². The molecule has 0 radical (unpaired) electrons. The predicted molar refractivity (Wildman–Crippen MR) is 180 cm³/mol. The third kappa shape index (κ3) is 4.68. The highest BCUT2D eigenvalue weighted by Crippen LogP contribution is 2.65. The summed E-state index contributed by atoms with van der Waals surface area (Å²) in [6, 6.07) is 17.2. The van der Waals surface area contributed by atoms with Crippen LogP contribution < -0.4 is 9.64 Å². The lowest BCUT2D eigenvalue weighted by molar-refractivity contribution is -0.140. The van der Waals surface area contributed by atoms with Crippen molar-refractivity contribution in [3.05, 3.63) is 92.4 Å². The highest BCUT2D eigenvalue weighted by atomic mass is 79.9. The molecule has 7 rings (SSSR count). The van der Waals surface area contributed by atoms with Gasteiger partial charge in [-0.05, 0) is 105 Å². The maximum atomic E-state index is 14.6. The Morgan fingerprint density at radius 3 is 2.30 bits per heavy atom. The number of fused-ring (bicyclic) bond motifs is 4. The molecule has 2 N–H and O–H groups in total. The van der Waals surface area contributed by atoms with Crippen LogP contribution in [0.4, 0.5) is 5.69 Å². The normalized spacial score (nSPS) is 28.3. The van der Waals surface area contributed by atoms with Crippen LogP contribution in [-0.2, 0) is 25.6 Å². The molecule has 0 bridgehead atoms. The summed E-state index contributed by atoms with van der Waals surface area (Å²) in [4.78, 5) is 59.5. The van der Waals surface area contributed by atoms with Crippen molar-refractivity contribution in [2.75, 3.05) is 18.6 Å². The van der Waals surface area contributed by atoms with Gasteiger partial charge in [0.2, 0.25) is 23.6 Å². The summed E-state index contributed by atoms with van der Waals surface area (Å²) in [6.45, 7) is 2.02. The van der Waals surface area contributed by atoms with Gasteiger partial charge >= 0.3 is 0 Å². The average molecular weight is 764 g/mol. The van der Waals surface area contributed by atoms with E-state index in [0.717, 1.165) is 11.1 Å². The topological polar surface area (TPSA) is 124 Å². The van der Waals surface area contributed by atoms with Crippen LogP contribution >= 0.6 is 31.9 Å². The highest BCUT2D eigenvalue weighted by molar-refractivity contribution is 9.13. The molecule has 47 heavy (non-hydrogen) atoms. The van der Waals surface area contributed by atoms with E-state index in [1.54, 1.807) is 54.6 Å². The minimum absolute atomic E-state index is 0.115. The number of rotatable bonds is 6. The molecule has 3 fully saturated rings. The smallest absolute Gasteiger partial charge is 0.241 e. The number of phenolic OH excluding ortho intramolecular Hbond substituents is 2. The Balaban J connectivity index is 1.33. The van der Waals surface area contributed by atoms with E-state index in [1.807, 2.05) is 19.1 Å². The number of allylic oxidation sites excluding steroid dienone is 2. The lowest BCUT2D eigenvalue weighted by atomic mass is 9.51. The zero-order valence-electron chi connectivity index (χ0n) is 25.7. The summed E-state index contributed by atoms with van der Waals surface area (Å²) in [6.07, 6.45) is 3.01. The molecular weight excluding hydrogens is 732 g/mol. The maximum absolute atomic E-state index is 14.6. The summed E-state index contributed by atoms with van der Waals surface area (Å²) < 4.78 is 6.36. The molecule has 4 aliphatic rings. The molecule has 242 valence electrons. The number of ether oxygens (including phenoxy) is 1. The van der Waals surface area contributed by atoms with E-state index in [1.165, 1.54) is 16.9 Å². The number of imide groups is 2. The van der Waals surface area contributed by atoms with Gasteiger partial charge in [-0.1, -0.05) is 42.0 Å².